The second kappa shape index (κ2) is 9.22. The molecule has 8 heteroatoms. The van der Waals surface area contributed by atoms with Gasteiger partial charge < -0.3 is 4.74 Å². The van der Waals surface area contributed by atoms with Gasteiger partial charge in [-0.2, -0.15) is 0 Å². The van der Waals surface area contributed by atoms with Gasteiger partial charge in [0.25, 0.3) is 5.91 Å². The van der Waals surface area contributed by atoms with E-state index in [1.807, 2.05) is 11.4 Å². The van der Waals surface area contributed by atoms with Crippen LogP contribution in [0.15, 0.2) is 53.4 Å². The average Bonchev–Trinajstić information content (AvgIpc) is 3.18. The number of nitrogens with zero attached hydrogens (tertiary/aromatic N) is 1. The number of amides is 1. The molecule has 0 atom stereocenters. The first-order valence-electron chi connectivity index (χ1n) is 8.46. The fourth-order valence-electron chi connectivity index (χ4n) is 2.49. The molecule has 0 spiro atoms. The van der Waals surface area contributed by atoms with E-state index in [4.69, 9.17) is 23.2 Å². The summed E-state index contributed by atoms with van der Waals surface area (Å²) in [6, 6.07) is 12.1. The minimum atomic E-state index is -0.395. The van der Waals surface area contributed by atoms with Crippen LogP contribution in [0.1, 0.15) is 22.8 Å². The number of carbonyl (C=O) groups is 2. The van der Waals surface area contributed by atoms with Gasteiger partial charge in [0.05, 0.1) is 22.8 Å². The van der Waals surface area contributed by atoms with Crippen molar-refractivity contribution in [1.29, 1.82) is 0 Å². The number of rotatable bonds is 5. The summed E-state index contributed by atoms with van der Waals surface area (Å²) in [7, 11) is 1.33. The molecule has 0 unspecified atom stereocenters. The number of carbonyl (C=O) groups excluding carboxylic acids is 2. The monoisotopic (exact) mass is 446 g/mol. The van der Waals surface area contributed by atoms with Gasteiger partial charge in [-0.25, -0.2) is 9.78 Å². The van der Waals surface area contributed by atoms with Crippen molar-refractivity contribution in [1.82, 2.24) is 4.98 Å². The van der Waals surface area contributed by atoms with Gasteiger partial charge in [-0.1, -0.05) is 41.4 Å². The van der Waals surface area contributed by atoms with E-state index in [-0.39, 0.29) is 5.91 Å². The van der Waals surface area contributed by atoms with Crippen molar-refractivity contribution in [3.8, 4) is 11.3 Å². The van der Waals surface area contributed by atoms with Gasteiger partial charge in [-0.05, 0) is 42.8 Å². The molecule has 0 saturated heterocycles. The van der Waals surface area contributed by atoms with Crippen molar-refractivity contribution in [3.63, 3.8) is 0 Å². The molecule has 3 rings (SSSR count). The normalized spacial score (nSPS) is 11.2. The maximum Gasteiger partial charge on any atom is 0.333 e. The number of benzene rings is 2. The van der Waals surface area contributed by atoms with Gasteiger partial charge in [0.1, 0.15) is 0 Å². The van der Waals surface area contributed by atoms with E-state index in [9.17, 15) is 9.59 Å². The maximum absolute atomic E-state index is 12.5. The Balaban J connectivity index is 1.70. The van der Waals surface area contributed by atoms with Gasteiger partial charge >= 0.3 is 5.97 Å². The first kappa shape index (κ1) is 21.0. The smallest absolute Gasteiger partial charge is 0.333 e. The minimum Gasteiger partial charge on any atom is -0.466 e. The van der Waals surface area contributed by atoms with Crippen LogP contribution in [-0.2, 0) is 9.53 Å². The number of esters is 1. The first-order valence-corrected chi connectivity index (χ1v) is 10.1. The molecular weight excluding hydrogens is 431 g/mol. The first-order chi connectivity index (χ1) is 13.9. The second-order valence-corrected chi connectivity index (χ2v) is 7.73. The van der Waals surface area contributed by atoms with Crippen molar-refractivity contribution < 1.29 is 14.3 Å². The molecule has 0 saturated carbocycles. The van der Waals surface area contributed by atoms with E-state index in [1.54, 1.807) is 49.4 Å². The van der Waals surface area contributed by atoms with Gasteiger partial charge in [-0.3, -0.25) is 10.1 Å². The minimum absolute atomic E-state index is 0.278. The highest BCUT2D eigenvalue weighted by Gasteiger charge is 2.11. The lowest BCUT2D eigenvalue weighted by Crippen LogP contribution is -2.11. The molecule has 148 valence electrons. The zero-order valence-electron chi connectivity index (χ0n) is 15.5. The van der Waals surface area contributed by atoms with E-state index in [2.05, 4.69) is 15.0 Å². The Labute approximate surface area is 181 Å². The van der Waals surface area contributed by atoms with Gasteiger partial charge in [-0.15, -0.1) is 11.3 Å². The van der Waals surface area contributed by atoms with Crippen LogP contribution in [0.3, 0.4) is 0 Å². The number of anilines is 1. The van der Waals surface area contributed by atoms with Crippen LogP contribution in [0.5, 0.6) is 0 Å². The summed E-state index contributed by atoms with van der Waals surface area (Å²) in [6.45, 7) is 1.67. The predicted molar refractivity (Wildman–Crippen MR) is 118 cm³/mol. The Hall–Kier alpha value is -2.67. The number of methoxy groups -OCH3 is 1. The molecule has 1 N–H and O–H groups in total. The topological polar surface area (TPSA) is 68.3 Å². The van der Waals surface area contributed by atoms with Crippen molar-refractivity contribution in [2.24, 2.45) is 0 Å². The molecule has 0 radical (unpaired) electrons. The Bertz CT molecular complexity index is 1090. The summed E-state index contributed by atoms with van der Waals surface area (Å²) in [5.74, 6) is -0.673. The van der Waals surface area contributed by atoms with E-state index >= 15 is 0 Å². The molecule has 0 aliphatic heterocycles. The molecule has 0 aliphatic carbocycles. The van der Waals surface area contributed by atoms with Gasteiger partial charge in [0, 0.05) is 22.1 Å². The van der Waals surface area contributed by atoms with E-state index < -0.39 is 5.97 Å². The molecule has 0 fully saturated rings. The molecule has 1 aromatic heterocycles. The third-order valence-electron chi connectivity index (χ3n) is 4.00. The molecule has 1 heterocycles. The van der Waals surface area contributed by atoms with E-state index in [1.165, 1.54) is 18.4 Å². The van der Waals surface area contributed by atoms with Crippen LogP contribution in [0, 0.1) is 0 Å². The van der Waals surface area contributed by atoms with Crippen LogP contribution in [0.25, 0.3) is 17.3 Å². The number of hydrogen-bond donors (Lipinski definition) is 1. The van der Waals surface area contributed by atoms with Crippen molar-refractivity contribution >= 4 is 57.6 Å². The third-order valence-corrected chi connectivity index (χ3v) is 5.50. The lowest BCUT2D eigenvalue weighted by atomic mass is 10.1. The highest BCUT2D eigenvalue weighted by atomic mass is 35.5. The Morgan fingerprint density at radius 3 is 2.48 bits per heavy atom. The number of nitrogens with one attached hydrogen (secondary N) is 1. The Kier molecular flexibility index (Phi) is 6.69. The summed E-state index contributed by atoms with van der Waals surface area (Å²) in [5.41, 5.74) is 3.25. The predicted octanol–water partition coefficient (Wildman–Crippen LogP) is 5.95. The number of ether oxygens (including phenoxy) is 1. The molecule has 0 aliphatic rings. The average molecular weight is 447 g/mol. The standard InChI is InChI=1S/C21H16Cl2N2O3S/c1-12(20(27)28-2)9-13-3-5-14(6-4-13)19(26)25-21-24-18(11-29-21)15-7-8-16(22)17(23)10-15/h3-11H,1-2H3,(H,24,25,26)/b12-9+. The molecule has 5 nitrogen and oxygen atoms in total. The largest absolute Gasteiger partial charge is 0.466 e. The Morgan fingerprint density at radius 1 is 1.10 bits per heavy atom. The van der Waals surface area contributed by atoms with Crippen LogP contribution in [-0.4, -0.2) is 24.0 Å². The number of thiazole rings is 1. The van der Waals surface area contributed by atoms with Gasteiger partial charge in [0.15, 0.2) is 5.13 Å². The number of hydrogen-bond acceptors (Lipinski definition) is 5. The fraction of sp³-hybridized carbons (Fsp3) is 0.0952. The maximum atomic E-state index is 12.5. The summed E-state index contributed by atoms with van der Waals surface area (Å²) in [4.78, 5) is 28.4. The zero-order chi connectivity index (χ0) is 21.0. The summed E-state index contributed by atoms with van der Waals surface area (Å²) in [5, 5.41) is 6.00. The summed E-state index contributed by atoms with van der Waals surface area (Å²) in [6.07, 6.45) is 1.69. The quantitative estimate of drug-likeness (QED) is 0.388. The SMILES string of the molecule is COC(=O)/C(C)=C/c1ccc(C(=O)Nc2nc(-c3ccc(Cl)c(Cl)c3)cs2)cc1. The lowest BCUT2D eigenvalue weighted by Gasteiger charge is -2.03. The van der Waals surface area contributed by atoms with Crippen LogP contribution in [0.4, 0.5) is 5.13 Å². The van der Waals surface area contributed by atoms with Crippen LogP contribution >= 0.6 is 34.5 Å². The van der Waals surface area contributed by atoms with Crippen LogP contribution in [0.2, 0.25) is 10.0 Å². The van der Waals surface area contributed by atoms with E-state index in [0.29, 0.717) is 32.0 Å². The van der Waals surface area contributed by atoms with Crippen molar-refractivity contribution in [2.75, 3.05) is 12.4 Å². The Morgan fingerprint density at radius 2 is 1.83 bits per heavy atom. The highest BCUT2D eigenvalue weighted by Crippen LogP contribution is 2.30. The van der Waals surface area contributed by atoms with Crippen molar-refractivity contribution in [2.45, 2.75) is 6.92 Å². The van der Waals surface area contributed by atoms with E-state index in [0.717, 1.165) is 11.1 Å². The molecule has 0 bridgehead atoms. The van der Waals surface area contributed by atoms with Crippen molar-refractivity contribution in [3.05, 3.63) is 74.6 Å². The third kappa shape index (κ3) is 5.23. The molecule has 2 aromatic carbocycles. The molecular formula is C21H16Cl2N2O3S. The fourth-order valence-corrected chi connectivity index (χ4v) is 3.50. The molecule has 1 amide bonds. The molecule has 29 heavy (non-hydrogen) atoms. The lowest BCUT2D eigenvalue weighted by molar-refractivity contribution is -0.135. The summed E-state index contributed by atoms with van der Waals surface area (Å²) >= 11 is 13.3. The van der Waals surface area contributed by atoms with Crippen LogP contribution < -0.4 is 5.32 Å². The van der Waals surface area contributed by atoms with Gasteiger partial charge in [0.2, 0.25) is 0 Å². The zero-order valence-corrected chi connectivity index (χ0v) is 17.9. The second-order valence-electron chi connectivity index (χ2n) is 6.06. The molecule has 3 aromatic rings. The number of aromatic nitrogens is 1. The number of halogens is 2. The highest BCUT2D eigenvalue weighted by molar-refractivity contribution is 7.14. The summed E-state index contributed by atoms with van der Waals surface area (Å²) < 4.78 is 4.67.